The van der Waals surface area contributed by atoms with Crippen molar-refractivity contribution in [2.45, 2.75) is 64.6 Å². The van der Waals surface area contributed by atoms with Gasteiger partial charge in [0.2, 0.25) is 0 Å². The molecule has 134 valence electrons. The summed E-state index contributed by atoms with van der Waals surface area (Å²) in [4.78, 5) is 24.9. The van der Waals surface area contributed by atoms with Crippen LogP contribution in [0.3, 0.4) is 0 Å². The maximum Gasteiger partial charge on any atom is 0.316 e. The Hall–Kier alpha value is -2.10. The van der Waals surface area contributed by atoms with Gasteiger partial charge in [-0.1, -0.05) is 56.2 Å². The van der Waals surface area contributed by atoms with Gasteiger partial charge in [0.1, 0.15) is 12.7 Å². The normalized spacial score (nSPS) is 25.6. The highest BCUT2D eigenvalue weighted by Gasteiger charge is 2.52. The molecule has 0 amide bonds. The summed E-state index contributed by atoms with van der Waals surface area (Å²) >= 11 is 0. The van der Waals surface area contributed by atoms with Crippen LogP contribution in [0.15, 0.2) is 42.0 Å². The summed E-state index contributed by atoms with van der Waals surface area (Å²) in [6.45, 7) is 2.34. The van der Waals surface area contributed by atoms with Crippen LogP contribution in [0.5, 0.6) is 0 Å². The second-order valence-electron chi connectivity index (χ2n) is 6.98. The number of esters is 2. The number of carbonyl (C=O) groups excluding carboxylic acids is 2. The van der Waals surface area contributed by atoms with Gasteiger partial charge in [-0.2, -0.15) is 0 Å². The average molecular weight is 342 g/mol. The standard InChI is InChI=1S/C21H26O4/c1-2-12-21-13-8-4-7-11-17(21)18(25-20(21)23)14-19(22)24-15-16-9-5-3-6-10-16/h3,5-6,9-11,18H,2,4,7-8,12-15H2,1H3/t18?,21-/m0/s1. The van der Waals surface area contributed by atoms with Crippen LogP contribution in [0.2, 0.25) is 0 Å². The van der Waals surface area contributed by atoms with Crippen molar-refractivity contribution >= 4 is 11.9 Å². The van der Waals surface area contributed by atoms with Crippen molar-refractivity contribution in [3.05, 3.63) is 47.5 Å². The summed E-state index contributed by atoms with van der Waals surface area (Å²) in [6, 6.07) is 9.59. The number of hydrogen-bond donors (Lipinski definition) is 0. The first-order valence-electron chi connectivity index (χ1n) is 9.27. The van der Waals surface area contributed by atoms with Crippen molar-refractivity contribution < 1.29 is 19.1 Å². The van der Waals surface area contributed by atoms with Crippen LogP contribution in [0.1, 0.15) is 57.4 Å². The van der Waals surface area contributed by atoms with E-state index in [9.17, 15) is 9.59 Å². The minimum Gasteiger partial charge on any atom is -0.461 e. The Balaban J connectivity index is 1.66. The Morgan fingerprint density at radius 3 is 2.84 bits per heavy atom. The number of carbonyl (C=O) groups is 2. The van der Waals surface area contributed by atoms with Crippen LogP contribution in [0, 0.1) is 5.41 Å². The summed E-state index contributed by atoms with van der Waals surface area (Å²) in [6.07, 6.45) is 7.42. The minimum atomic E-state index is -0.504. The topological polar surface area (TPSA) is 52.6 Å². The maximum absolute atomic E-state index is 12.6. The zero-order valence-corrected chi connectivity index (χ0v) is 14.8. The lowest BCUT2D eigenvalue weighted by atomic mass is 9.73. The van der Waals surface area contributed by atoms with Gasteiger partial charge in [0, 0.05) is 0 Å². The van der Waals surface area contributed by atoms with Crippen molar-refractivity contribution in [1.82, 2.24) is 0 Å². The van der Waals surface area contributed by atoms with Crippen LogP contribution < -0.4 is 0 Å². The van der Waals surface area contributed by atoms with E-state index in [1.54, 1.807) is 0 Å². The van der Waals surface area contributed by atoms with Crippen molar-refractivity contribution in [1.29, 1.82) is 0 Å². The fourth-order valence-corrected chi connectivity index (χ4v) is 4.03. The number of fused-ring (bicyclic) bond motifs is 1. The molecule has 1 saturated heterocycles. The van der Waals surface area contributed by atoms with E-state index in [0.29, 0.717) is 0 Å². The second kappa shape index (κ2) is 7.85. The average Bonchev–Trinajstić information content (AvgIpc) is 2.77. The molecular formula is C21H26O4. The van der Waals surface area contributed by atoms with E-state index in [-0.39, 0.29) is 25.0 Å². The Bertz CT molecular complexity index is 649. The van der Waals surface area contributed by atoms with E-state index in [1.807, 2.05) is 30.3 Å². The molecule has 1 aromatic rings. The van der Waals surface area contributed by atoms with Gasteiger partial charge >= 0.3 is 11.9 Å². The fraction of sp³-hybridized carbons (Fsp3) is 0.524. The predicted octanol–water partition coefficient (Wildman–Crippen LogP) is 4.33. The van der Waals surface area contributed by atoms with Crippen molar-refractivity contribution in [3.63, 3.8) is 0 Å². The van der Waals surface area contributed by atoms with Gasteiger partial charge in [-0.3, -0.25) is 9.59 Å². The first-order chi connectivity index (χ1) is 12.2. The number of rotatable bonds is 6. The molecule has 0 aromatic heterocycles. The third-order valence-corrected chi connectivity index (χ3v) is 5.23. The maximum atomic E-state index is 12.6. The predicted molar refractivity (Wildman–Crippen MR) is 94.6 cm³/mol. The van der Waals surface area contributed by atoms with Gasteiger partial charge < -0.3 is 9.47 Å². The number of cyclic esters (lactones) is 1. The third-order valence-electron chi connectivity index (χ3n) is 5.23. The quantitative estimate of drug-likeness (QED) is 0.570. The minimum absolute atomic E-state index is 0.107. The van der Waals surface area contributed by atoms with Gasteiger partial charge in [0.15, 0.2) is 0 Å². The van der Waals surface area contributed by atoms with Crippen LogP contribution in [0.25, 0.3) is 0 Å². The Morgan fingerprint density at radius 2 is 2.08 bits per heavy atom. The highest BCUT2D eigenvalue weighted by molar-refractivity contribution is 5.86. The summed E-state index contributed by atoms with van der Waals surface area (Å²) < 4.78 is 11.0. The lowest BCUT2D eigenvalue weighted by Gasteiger charge is -2.25. The molecule has 4 nitrogen and oxygen atoms in total. The zero-order valence-electron chi connectivity index (χ0n) is 14.8. The molecule has 4 heteroatoms. The molecule has 0 radical (unpaired) electrons. The van der Waals surface area contributed by atoms with E-state index >= 15 is 0 Å². The summed E-state index contributed by atoms with van der Waals surface area (Å²) in [5, 5.41) is 0. The van der Waals surface area contributed by atoms with Gasteiger partial charge in [0.05, 0.1) is 11.8 Å². The largest absolute Gasteiger partial charge is 0.461 e. The van der Waals surface area contributed by atoms with E-state index < -0.39 is 11.5 Å². The Morgan fingerprint density at radius 1 is 1.28 bits per heavy atom. The lowest BCUT2D eigenvalue weighted by molar-refractivity contribution is -0.153. The Kier molecular flexibility index (Phi) is 5.57. The lowest BCUT2D eigenvalue weighted by Crippen LogP contribution is -2.28. The van der Waals surface area contributed by atoms with Crippen molar-refractivity contribution in [2.24, 2.45) is 5.41 Å². The van der Waals surface area contributed by atoms with Gasteiger partial charge in [-0.25, -0.2) is 0 Å². The number of ether oxygens (including phenoxy) is 2. The van der Waals surface area contributed by atoms with Gasteiger partial charge in [0.25, 0.3) is 0 Å². The first kappa shape index (κ1) is 17.7. The Labute approximate surface area is 149 Å². The first-order valence-corrected chi connectivity index (χ1v) is 9.27. The fourth-order valence-electron chi connectivity index (χ4n) is 4.03. The van der Waals surface area contributed by atoms with E-state index in [4.69, 9.17) is 9.47 Å². The molecule has 2 atom stereocenters. The highest BCUT2D eigenvalue weighted by atomic mass is 16.6. The smallest absolute Gasteiger partial charge is 0.316 e. The van der Waals surface area contributed by atoms with E-state index in [2.05, 4.69) is 13.0 Å². The van der Waals surface area contributed by atoms with Crippen LogP contribution in [-0.2, 0) is 25.7 Å². The third kappa shape index (κ3) is 3.78. The number of allylic oxidation sites excluding steroid dienone is 1. The number of benzene rings is 1. The van der Waals surface area contributed by atoms with Crippen LogP contribution in [-0.4, -0.2) is 18.0 Å². The zero-order chi connectivity index (χ0) is 17.7. The van der Waals surface area contributed by atoms with Crippen LogP contribution >= 0.6 is 0 Å². The molecular weight excluding hydrogens is 316 g/mol. The number of hydrogen-bond acceptors (Lipinski definition) is 4. The molecule has 25 heavy (non-hydrogen) atoms. The monoisotopic (exact) mass is 342 g/mol. The van der Waals surface area contributed by atoms with E-state index in [0.717, 1.165) is 49.7 Å². The van der Waals surface area contributed by atoms with Gasteiger partial charge in [-0.05, 0) is 36.8 Å². The molecule has 2 aliphatic rings. The summed E-state index contributed by atoms with van der Waals surface area (Å²) in [5.41, 5.74) is 1.47. The molecule has 0 spiro atoms. The SMILES string of the molecule is CCC[C@]12CCCCC=C1C(CC(=O)OCc1ccccc1)OC2=O. The van der Waals surface area contributed by atoms with E-state index in [1.165, 1.54) is 0 Å². The molecule has 1 unspecified atom stereocenters. The van der Waals surface area contributed by atoms with Crippen LogP contribution in [0.4, 0.5) is 0 Å². The summed E-state index contributed by atoms with van der Waals surface area (Å²) in [7, 11) is 0. The molecule has 0 bridgehead atoms. The molecule has 3 rings (SSSR count). The molecule has 1 fully saturated rings. The molecule has 0 N–H and O–H groups in total. The summed E-state index contributed by atoms with van der Waals surface area (Å²) in [5.74, 6) is -0.470. The molecule has 1 aromatic carbocycles. The van der Waals surface area contributed by atoms with Gasteiger partial charge in [-0.15, -0.1) is 0 Å². The molecule has 1 heterocycles. The molecule has 0 saturated carbocycles. The van der Waals surface area contributed by atoms with Crippen molar-refractivity contribution in [2.75, 3.05) is 0 Å². The highest BCUT2D eigenvalue weighted by Crippen LogP contribution is 2.49. The second-order valence-corrected chi connectivity index (χ2v) is 6.98. The molecule has 1 aliphatic carbocycles. The molecule has 1 aliphatic heterocycles. The van der Waals surface area contributed by atoms with Crippen molar-refractivity contribution in [3.8, 4) is 0 Å².